The maximum atomic E-state index is 14.5. The lowest BCUT2D eigenvalue weighted by Crippen LogP contribution is -2.13. The molecule has 0 aliphatic heterocycles. The molecule has 2 heteroatoms. The molecule has 2 aromatic carbocycles. The van der Waals surface area contributed by atoms with Crippen LogP contribution in [-0.2, 0) is 0 Å². The Bertz CT molecular complexity index is 831. The molecule has 28 heavy (non-hydrogen) atoms. The normalized spacial score (nSPS) is 19.1. The van der Waals surface area contributed by atoms with Crippen LogP contribution < -0.4 is 0 Å². The van der Waals surface area contributed by atoms with Gasteiger partial charge in [-0.25, -0.2) is 8.78 Å². The minimum Gasteiger partial charge on any atom is -0.203 e. The van der Waals surface area contributed by atoms with Crippen LogP contribution >= 0.6 is 0 Å². The molecule has 0 amide bonds. The van der Waals surface area contributed by atoms with Crippen molar-refractivity contribution in [1.82, 2.24) is 0 Å². The van der Waals surface area contributed by atoms with Gasteiger partial charge in [0.15, 0.2) is 11.6 Å². The molecule has 0 spiro atoms. The van der Waals surface area contributed by atoms with Gasteiger partial charge in [-0.15, -0.1) is 5.92 Å². The highest BCUT2D eigenvalue weighted by Gasteiger charge is 2.22. The topological polar surface area (TPSA) is 0 Å². The Hall–Kier alpha value is -2.14. The monoisotopic (exact) mass is 380 g/mol. The molecule has 3 rings (SSSR count). The number of rotatable bonds is 6. The average Bonchev–Trinajstić information content (AvgIpc) is 2.73. The second-order valence-corrected chi connectivity index (χ2v) is 8.00. The average molecular weight is 381 g/mol. The third-order valence-electron chi connectivity index (χ3n) is 6.10. The first-order valence-corrected chi connectivity index (χ1v) is 10.6. The van der Waals surface area contributed by atoms with Gasteiger partial charge in [0.05, 0.1) is 5.56 Å². The predicted molar refractivity (Wildman–Crippen MR) is 113 cm³/mol. The van der Waals surface area contributed by atoms with E-state index in [1.807, 2.05) is 12.1 Å². The lowest BCUT2D eigenvalue weighted by atomic mass is 9.77. The molecule has 0 heterocycles. The van der Waals surface area contributed by atoms with Crippen LogP contribution in [0.2, 0.25) is 0 Å². The summed E-state index contributed by atoms with van der Waals surface area (Å²) in [6.45, 7) is 3.87. The highest BCUT2D eigenvalue weighted by molar-refractivity contribution is 5.66. The van der Waals surface area contributed by atoms with Gasteiger partial charge in [-0.2, -0.15) is 0 Å². The molecular formula is C26H30F2. The summed E-state index contributed by atoms with van der Waals surface area (Å²) >= 11 is 0. The summed E-state index contributed by atoms with van der Waals surface area (Å²) in [5.41, 5.74) is 2.44. The summed E-state index contributed by atoms with van der Waals surface area (Å²) in [5, 5.41) is 0. The minimum atomic E-state index is -0.864. The minimum absolute atomic E-state index is 0.107. The van der Waals surface area contributed by atoms with E-state index in [1.54, 1.807) is 19.1 Å². The van der Waals surface area contributed by atoms with E-state index in [-0.39, 0.29) is 5.56 Å². The third kappa shape index (κ3) is 4.82. The first-order chi connectivity index (χ1) is 13.6. The standard InChI is InChI=1S/C26H30F2/c1-3-5-6-8-19-9-11-20(12-10-19)21-13-15-22(16-14-21)24-18-17-23(7-4-2)25(27)26(24)28/h13-20H,3,5-6,8-12H2,1-2H3. The molecule has 1 fully saturated rings. The molecule has 148 valence electrons. The largest absolute Gasteiger partial charge is 0.203 e. The van der Waals surface area contributed by atoms with Gasteiger partial charge in [-0.1, -0.05) is 62.8 Å². The molecule has 0 N–H and O–H groups in total. The molecule has 0 aromatic heterocycles. The van der Waals surface area contributed by atoms with Crippen molar-refractivity contribution in [3.63, 3.8) is 0 Å². The SMILES string of the molecule is CC#Cc1ccc(-c2ccc(C3CCC(CCCCC)CC3)cc2)c(F)c1F. The van der Waals surface area contributed by atoms with Crippen LogP contribution in [0, 0.1) is 29.4 Å². The molecule has 0 atom stereocenters. The molecule has 1 aliphatic carbocycles. The Balaban J connectivity index is 1.66. The second-order valence-electron chi connectivity index (χ2n) is 8.00. The van der Waals surface area contributed by atoms with Gasteiger partial charge in [0, 0.05) is 5.56 Å². The van der Waals surface area contributed by atoms with Crippen LogP contribution in [-0.4, -0.2) is 0 Å². The molecule has 0 saturated heterocycles. The van der Waals surface area contributed by atoms with E-state index in [2.05, 4.69) is 30.9 Å². The summed E-state index contributed by atoms with van der Waals surface area (Å²) in [7, 11) is 0. The smallest absolute Gasteiger partial charge is 0.175 e. The van der Waals surface area contributed by atoms with Crippen molar-refractivity contribution in [2.45, 2.75) is 71.1 Å². The van der Waals surface area contributed by atoms with Crippen LogP contribution in [0.25, 0.3) is 11.1 Å². The Morgan fingerprint density at radius 1 is 0.893 bits per heavy atom. The van der Waals surface area contributed by atoms with E-state index in [1.165, 1.54) is 56.9 Å². The van der Waals surface area contributed by atoms with Crippen molar-refractivity contribution in [3.8, 4) is 23.0 Å². The van der Waals surface area contributed by atoms with E-state index in [9.17, 15) is 8.78 Å². The Kier molecular flexibility index (Phi) is 7.26. The maximum Gasteiger partial charge on any atom is 0.175 e. The molecular weight excluding hydrogens is 350 g/mol. The summed E-state index contributed by atoms with van der Waals surface area (Å²) in [4.78, 5) is 0. The highest BCUT2D eigenvalue weighted by atomic mass is 19.2. The van der Waals surface area contributed by atoms with Crippen LogP contribution in [0.3, 0.4) is 0 Å². The molecule has 0 nitrogen and oxygen atoms in total. The first-order valence-electron chi connectivity index (χ1n) is 10.6. The van der Waals surface area contributed by atoms with Crippen molar-refractivity contribution >= 4 is 0 Å². The fourth-order valence-corrected chi connectivity index (χ4v) is 4.41. The molecule has 0 bridgehead atoms. The molecule has 0 unspecified atom stereocenters. The number of benzene rings is 2. The Morgan fingerprint density at radius 2 is 1.61 bits per heavy atom. The fraction of sp³-hybridized carbons (Fsp3) is 0.462. The zero-order valence-electron chi connectivity index (χ0n) is 17.0. The lowest BCUT2D eigenvalue weighted by molar-refractivity contribution is 0.303. The zero-order chi connectivity index (χ0) is 19.9. The van der Waals surface area contributed by atoms with Crippen molar-refractivity contribution < 1.29 is 8.78 Å². The lowest BCUT2D eigenvalue weighted by Gasteiger charge is -2.29. The van der Waals surface area contributed by atoms with Gasteiger partial charge in [0.25, 0.3) is 0 Å². The van der Waals surface area contributed by atoms with Crippen LogP contribution in [0.5, 0.6) is 0 Å². The van der Waals surface area contributed by atoms with Gasteiger partial charge in [0.1, 0.15) is 0 Å². The van der Waals surface area contributed by atoms with E-state index < -0.39 is 11.6 Å². The zero-order valence-corrected chi connectivity index (χ0v) is 17.0. The van der Waals surface area contributed by atoms with Gasteiger partial charge in [-0.3, -0.25) is 0 Å². The van der Waals surface area contributed by atoms with E-state index >= 15 is 0 Å². The second kappa shape index (κ2) is 9.87. The Morgan fingerprint density at radius 3 is 2.25 bits per heavy atom. The fourth-order valence-electron chi connectivity index (χ4n) is 4.41. The first kappa shape index (κ1) is 20.6. The summed E-state index contributed by atoms with van der Waals surface area (Å²) in [6.07, 6.45) is 10.5. The summed E-state index contributed by atoms with van der Waals surface area (Å²) < 4.78 is 28.6. The van der Waals surface area contributed by atoms with Gasteiger partial charge in [-0.05, 0) is 67.7 Å². The van der Waals surface area contributed by atoms with Crippen LogP contribution in [0.15, 0.2) is 36.4 Å². The van der Waals surface area contributed by atoms with Crippen molar-refractivity contribution in [1.29, 1.82) is 0 Å². The van der Waals surface area contributed by atoms with Crippen molar-refractivity contribution in [2.75, 3.05) is 0 Å². The van der Waals surface area contributed by atoms with Crippen molar-refractivity contribution in [3.05, 3.63) is 59.2 Å². The van der Waals surface area contributed by atoms with Gasteiger partial charge >= 0.3 is 0 Å². The maximum absolute atomic E-state index is 14.5. The number of hydrogen-bond acceptors (Lipinski definition) is 0. The van der Waals surface area contributed by atoms with Crippen molar-refractivity contribution in [2.24, 2.45) is 5.92 Å². The van der Waals surface area contributed by atoms with E-state index in [4.69, 9.17) is 0 Å². The number of unbranched alkanes of at least 4 members (excludes halogenated alkanes) is 2. The molecule has 2 aromatic rings. The van der Waals surface area contributed by atoms with Gasteiger partial charge < -0.3 is 0 Å². The van der Waals surface area contributed by atoms with E-state index in [0.717, 1.165) is 5.92 Å². The third-order valence-corrected chi connectivity index (χ3v) is 6.10. The highest BCUT2D eigenvalue weighted by Crippen LogP contribution is 2.38. The summed E-state index contributed by atoms with van der Waals surface area (Å²) in [6, 6.07) is 11.2. The number of hydrogen-bond donors (Lipinski definition) is 0. The summed E-state index contributed by atoms with van der Waals surface area (Å²) in [5.74, 6) is 5.02. The van der Waals surface area contributed by atoms with Gasteiger partial charge in [0.2, 0.25) is 0 Å². The quantitative estimate of drug-likeness (QED) is 0.353. The predicted octanol–water partition coefficient (Wildman–Crippen LogP) is 7.86. The molecule has 1 saturated carbocycles. The van der Waals surface area contributed by atoms with E-state index in [0.29, 0.717) is 17.0 Å². The van der Waals surface area contributed by atoms with Crippen LogP contribution in [0.1, 0.15) is 82.3 Å². The Labute approximate surface area is 168 Å². The molecule has 0 radical (unpaired) electrons. The van der Waals surface area contributed by atoms with Crippen LogP contribution in [0.4, 0.5) is 8.78 Å². The molecule has 1 aliphatic rings. The number of halogens is 2.